The summed E-state index contributed by atoms with van der Waals surface area (Å²) in [5.41, 5.74) is 6.08. The lowest BCUT2D eigenvalue weighted by Gasteiger charge is -2.04. The number of nitrogens with two attached hydrogens (primary N) is 1. The SMILES string of the molecule is NCC(F)Cc1ccc(Cl)cc1. The van der Waals surface area contributed by atoms with Crippen LogP contribution in [0.25, 0.3) is 0 Å². The minimum absolute atomic E-state index is 0.0721. The third-order valence-electron chi connectivity index (χ3n) is 1.63. The van der Waals surface area contributed by atoms with Gasteiger partial charge < -0.3 is 5.73 Å². The Bertz CT molecular complexity index is 235. The van der Waals surface area contributed by atoms with Crippen LogP contribution in [-0.4, -0.2) is 12.7 Å². The van der Waals surface area contributed by atoms with Crippen LogP contribution in [0.1, 0.15) is 5.56 Å². The minimum atomic E-state index is -0.953. The summed E-state index contributed by atoms with van der Waals surface area (Å²) in [7, 11) is 0. The van der Waals surface area contributed by atoms with E-state index < -0.39 is 6.17 Å². The predicted octanol–water partition coefficient (Wildman–Crippen LogP) is 2.18. The van der Waals surface area contributed by atoms with Gasteiger partial charge in [0, 0.05) is 18.0 Å². The molecule has 0 aliphatic heterocycles. The van der Waals surface area contributed by atoms with E-state index in [1.54, 1.807) is 12.1 Å². The zero-order valence-electron chi connectivity index (χ0n) is 6.63. The van der Waals surface area contributed by atoms with Crippen molar-refractivity contribution in [1.82, 2.24) is 0 Å². The van der Waals surface area contributed by atoms with E-state index in [1.165, 1.54) is 0 Å². The molecule has 0 spiro atoms. The van der Waals surface area contributed by atoms with Gasteiger partial charge in [0.05, 0.1) is 0 Å². The fourth-order valence-corrected chi connectivity index (χ4v) is 1.09. The summed E-state index contributed by atoms with van der Waals surface area (Å²) < 4.78 is 12.8. The Morgan fingerprint density at radius 3 is 2.42 bits per heavy atom. The molecule has 3 heteroatoms. The van der Waals surface area contributed by atoms with Crippen molar-refractivity contribution in [3.05, 3.63) is 34.9 Å². The average molecular weight is 188 g/mol. The van der Waals surface area contributed by atoms with Crippen molar-refractivity contribution in [2.75, 3.05) is 6.54 Å². The molecule has 0 bridgehead atoms. The van der Waals surface area contributed by atoms with E-state index in [0.29, 0.717) is 11.4 Å². The molecule has 0 fully saturated rings. The first-order chi connectivity index (χ1) is 5.72. The maximum atomic E-state index is 12.8. The molecule has 1 atom stereocenters. The maximum absolute atomic E-state index is 12.8. The molecule has 1 aromatic carbocycles. The Hall–Kier alpha value is -0.600. The van der Waals surface area contributed by atoms with Gasteiger partial charge in [-0.1, -0.05) is 23.7 Å². The molecule has 12 heavy (non-hydrogen) atoms. The van der Waals surface area contributed by atoms with Crippen LogP contribution in [0.3, 0.4) is 0 Å². The van der Waals surface area contributed by atoms with E-state index in [-0.39, 0.29) is 6.54 Å². The average Bonchev–Trinajstić information content (AvgIpc) is 2.09. The van der Waals surface area contributed by atoms with Crippen molar-refractivity contribution in [2.45, 2.75) is 12.6 Å². The molecule has 66 valence electrons. The fraction of sp³-hybridized carbons (Fsp3) is 0.333. The number of benzene rings is 1. The molecule has 1 rings (SSSR count). The highest BCUT2D eigenvalue weighted by Crippen LogP contribution is 2.11. The number of hydrogen-bond acceptors (Lipinski definition) is 1. The third kappa shape index (κ3) is 2.80. The topological polar surface area (TPSA) is 26.0 Å². The third-order valence-corrected chi connectivity index (χ3v) is 1.88. The molecule has 1 aromatic rings. The first-order valence-corrected chi connectivity index (χ1v) is 4.18. The second-order valence-electron chi connectivity index (χ2n) is 2.66. The summed E-state index contributed by atoms with van der Waals surface area (Å²) in [6.07, 6.45) is -0.584. The monoisotopic (exact) mass is 187 g/mol. The molecule has 0 aliphatic rings. The zero-order valence-corrected chi connectivity index (χ0v) is 7.39. The van der Waals surface area contributed by atoms with Gasteiger partial charge in [-0.3, -0.25) is 0 Å². The summed E-state index contributed by atoms with van der Waals surface area (Å²) >= 11 is 5.66. The first kappa shape index (κ1) is 9.49. The second-order valence-corrected chi connectivity index (χ2v) is 3.10. The Morgan fingerprint density at radius 1 is 1.33 bits per heavy atom. The van der Waals surface area contributed by atoms with Crippen molar-refractivity contribution in [3.8, 4) is 0 Å². The lowest BCUT2D eigenvalue weighted by molar-refractivity contribution is 0.340. The normalized spacial score (nSPS) is 12.9. The van der Waals surface area contributed by atoms with Crippen LogP contribution < -0.4 is 5.73 Å². The molecule has 2 N–H and O–H groups in total. The van der Waals surface area contributed by atoms with E-state index in [1.807, 2.05) is 12.1 Å². The smallest absolute Gasteiger partial charge is 0.116 e. The van der Waals surface area contributed by atoms with Gasteiger partial charge in [-0.05, 0) is 17.7 Å². The molecule has 1 nitrogen and oxygen atoms in total. The van der Waals surface area contributed by atoms with E-state index in [2.05, 4.69) is 0 Å². The number of rotatable bonds is 3. The largest absolute Gasteiger partial charge is 0.328 e. The molecule has 0 saturated carbocycles. The molecule has 1 unspecified atom stereocenters. The van der Waals surface area contributed by atoms with Crippen molar-refractivity contribution in [2.24, 2.45) is 5.73 Å². The predicted molar refractivity (Wildman–Crippen MR) is 49.1 cm³/mol. The van der Waals surface area contributed by atoms with Crippen molar-refractivity contribution < 1.29 is 4.39 Å². The first-order valence-electron chi connectivity index (χ1n) is 3.81. The molecule has 0 heterocycles. The van der Waals surface area contributed by atoms with Crippen LogP contribution in [0.5, 0.6) is 0 Å². The van der Waals surface area contributed by atoms with Gasteiger partial charge >= 0.3 is 0 Å². The van der Waals surface area contributed by atoms with Gasteiger partial charge in [-0.2, -0.15) is 0 Å². The van der Waals surface area contributed by atoms with Gasteiger partial charge in [0.15, 0.2) is 0 Å². The molecule has 0 saturated heterocycles. The van der Waals surface area contributed by atoms with Crippen molar-refractivity contribution >= 4 is 11.6 Å². The highest BCUT2D eigenvalue weighted by atomic mass is 35.5. The van der Waals surface area contributed by atoms with Gasteiger partial charge in [0.1, 0.15) is 6.17 Å². The Morgan fingerprint density at radius 2 is 1.92 bits per heavy atom. The van der Waals surface area contributed by atoms with Gasteiger partial charge in [-0.15, -0.1) is 0 Å². The van der Waals surface area contributed by atoms with Crippen molar-refractivity contribution in [1.29, 1.82) is 0 Å². The molecule has 0 radical (unpaired) electrons. The van der Waals surface area contributed by atoms with Crippen molar-refractivity contribution in [3.63, 3.8) is 0 Å². The van der Waals surface area contributed by atoms with E-state index in [9.17, 15) is 4.39 Å². The summed E-state index contributed by atoms with van der Waals surface area (Å²) in [5, 5.41) is 0.668. The quantitative estimate of drug-likeness (QED) is 0.772. The van der Waals surface area contributed by atoms with Crippen LogP contribution in [0.15, 0.2) is 24.3 Å². The number of halogens is 2. The fourth-order valence-electron chi connectivity index (χ4n) is 0.960. The standard InChI is InChI=1S/C9H11ClFN/c10-8-3-1-7(2-4-8)5-9(11)6-12/h1-4,9H,5-6,12H2. The molecular formula is C9H11ClFN. The number of alkyl halides is 1. The Kier molecular flexibility index (Phi) is 3.50. The van der Waals surface area contributed by atoms with Crippen LogP contribution in [0.4, 0.5) is 4.39 Å². The summed E-state index contributed by atoms with van der Waals surface area (Å²) in [6.45, 7) is 0.0721. The Labute approximate surface area is 76.3 Å². The van der Waals surface area contributed by atoms with E-state index in [4.69, 9.17) is 17.3 Å². The van der Waals surface area contributed by atoms with E-state index >= 15 is 0 Å². The zero-order chi connectivity index (χ0) is 8.97. The number of hydrogen-bond donors (Lipinski definition) is 1. The van der Waals surface area contributed by atoms with Crippen LogP contribution in [0.2, 0.25) is 5.02 Å². The molecular weight excluding hydrogens is 177 g/mol. The van der Waals surface area contributed by atoms with Gasteiger partial charge in [0.25, 0.3) is 0 Å². The highest BCUT2D eigenvalue weighted by Gasteiger charge is 2.03. The minimum Gasteiger partial charge on any atom is -0.328 e. The maximum Gasteiger partial charge on any atom is 0.116 e. The second kappa shape index (κ2) is 4.43. The molecule has 0 aromatic heterocycles. The highest BCUT2D eigenvalue weighted by molar-refractivity contribution is 6.30. The molecule has 0 aliphatic carbocycles. The summed E-state index contributed by atoms with van der Waals surface area (Å²) in [5.74, 6) is 0. The lowest BCUT2D eigenvalue weighted by atomic mass is 10.1. The van der Waals surface area contributed by atoms with Crippen LogP contribution in [0, 0.1) is 0 Å². The van der Waals surface area contributed by atoms with E-state index in [0.717, 1.165) is 5.56 Å². The van der Waals surface area contributed by atoms with Crippen LogP contribution >= 0.6 is 11.6 Å². The summed E-state index contributed by atoms with van der Waals surface area (Å²) in [4.78, 5) is 0. The van der Waals surface area contributed by atoms with Gasteiger partial charge in [0.2, 0.25) is 0 Å². The Balaban J connectivity index is 2.58. The molecule has 0 amide bonds. The lowest BCUT2D eigenvalue weighted by Crippen LogP contribution is -2.17. The summed E-state index contributed by atoms with van der Waals surface area (Å²) in [6, 6.07) is 7.12. The van der Waals surface area contributed by atoms with Gasteiger partial charge in [-0.25, -0.2) is 4.39 Å². The van der Waals surface area contributed by atoms with Crippen LogP contribution in [-0.2, 0) is 6.42 Å².